The second-order valence-electron chi connectivity index (χ2n) is 5.25. The van der Waals surface area contributed by atoms with Crippen molar-refractivity contribution in [3.05, 3.63) is 29.0 Å². The Balaban J connectivity index is 1.92. The number of benzene rings is 1. The zero-order valence-corrected chi connectivity index (χ0v) is 11.6. The molecule has 0 unspecified atom stereocenters. The SMILES string of the molecule is CCCC1CCC(Nc2c(F)cccc2Cl)CC1. The molecule has 0 aromatic heterocycles. The second-order valence-corrected chi connectivity index (χ2v) is 5.65. The molecule has 0 amide bonds. The molecule has 1 saturated carbocycles. The Morgan fingerprint density at radius 2 is 2.00 bits per heavy atom. The molecule has 3 heteroatoms. The van der Waals surface area contributed by atoms with E-state index in [-0.39, 0.29) is 5.82 Å². The predicted octanol–water partition coefficient (Wildman–Crippen LogP) is 5.25. The summed E-state index contributed by atoms with van der Waals surface area (Å²) in [4.78, 5) is 0. The normalized spacial score (nSPS) is 23.9. The van der Waals surface area contributed by atoms with E-state index in [1.54, 1.807) is 12.1 Å². The Morgan fingerprint density at radius 3 is 2.61 bits per heavy atom. The van der Waals surface area contributed by atoms with Crippen LogP contribution >= 0.6 is 11.6 Å². The minimum absolute atomic E-state index is 0.252. The van der Waals surface area contributed by atoms with Gasteiger partial charge in [-0.25, -0.2) is 4.39 Å². The molecule has 1 aliphatic rings. The minimum Gasteiger partial charge on any atom is -0.379 e. The van der Waals surface area contributed by atoms with Gasteiger partial charge in [-0.1, -0.05) is 37.4 Å². The monoisotopic (exact) mass is 269 g/mol. The third-order valence-electron chi connectivity index (χ3n) is 3.85. The maximum Gasteiger partial charge on any atom is 0.147 e. The first-order valence-corrected chi connectivity index (χ1v) is 7.29. The smallest absolute Gasteiger partial charge is 0.147 e. The van der Waals surface area contributed by atoms with Crippen LogP contribution in [0.3, 0.4) is 0 Å². The molecule has 0 heterocycles. The first-order valence-electron chi connectivity index (χ1n) is 6.91. The van der Waals surface area contributed by atoms with Crippen LogP contribution in [0.15, 0.2) is 18.2 Å². The lowest BCUT2D eigenvalue weighted by molar-refractivity contribution is 0.318. The summed E-state index contributed by atoms with van der Waals surface area (Å²) in [5, 5.41) is 3.75. The fraction of sp³-hybridized carbons (Fsp3) is 0.600. The Hall–Kier alpha value is -0.760. The quantitative estimate of drug-likeness (QED) is 0.787. The Morgan fingerprint density at radius 1 is 1.28 bits per heavy atom. The molecule has 1 aliphatic carbocycles. The lowest BCUT2D eigenvalue weighted by atomic mass is 9.83. The van der Waals surface area contributed by atoms with Crippen molar-refractivity contribution < 1.29 is 4.39 Å². The molecular weight excluding hydrogens is 249 g/mol. The summed E-state index contributed by atoms with van der Waals surface area (Å²) < 4.78 is 13.7. The number of hydrogen-bond acceptors (Lipinski definition) is 1. The molecule has 1 fully saturated rings. The van der Waals surface area contributed by atoms with E-state index in [2.05, 4.69) is 12.2 Å². The Kier molecular flexibility index (Phi) is 4.87. The summed E-state index contributed by atoms with van der Waals surface area (Å²) in [7, 11) is 0. The fourth-order valence-electron chi connectivity index (χ4n) is 2.84. The molecule has 0 saturated heterocycles. The van der Waals surface area contributed by atoms with E-state index in [0.29, 0.717) is 16.8 Å². The molecule has 0 spiro atoms. The van der Waals surface area contributed by atoms with Crippen molar-refractivity contribution in [2.45, 2.75) is 51.5 Å². The lowest BCUT2D eigenvalue weighted by Gasteiger charge is -2.30. The summed E-state index contributed by atoms with van der Waals surface area (Å²) in [5.74, 6) is 0.613. The molecule has 1 N–H and O–H groups in total. The van der Waals surface area contributed by atoms with Crippen LogP contribution in [0.25, 0.3) is 0 Å². The average Bonchev–Trinajstić information content (AvgIpc) is 2.36. The van der Waals surface area contributed by atoms with Gasteiger partial charge >= 0.3 is 0 Å². The van der Waals surface area contributed by atoms with E-state index < -0.39 is 0 Å². The van der Waals surface area contributed by atoms with Crippen LogP contribution in [0, 0.1) is 11.7 Å². The third-order valence-corrected chi connectivity index (χ3v) is 4.17. The molecule has 0 bridgehead atoms. The van der Waals surface area contributed by atoms with Gasteiger partial charge < -0.3 is 5.32 Å². The van der Waals surface area contributed by atoms with E-state index >= 15 is 0 Å². The van der Waals surface area contributed by atoms with Crippen LogP contribution in [-0.2, 0) is 0 Å². The topological polar surface area (TPSA) is 12.0 Å². The van der Waals surface area contributed by atoms with Crippen LogP contribution < -0.4 is 5.32 Å². The minimum atomic E-state index is -0.252. The second kappa shape index (κ2) is 6.42. The van der Waals surface area contributed by atoms with E-state index in [9.17, 15) is 4.39 Å². The number of nitrogens with one attached hydrogen (secondary N) is 1. The van der Waals surface area contributed by atoms with Gasteiger partial charge in [-0.15, -0.1) is 0 Å². The van der Waals surface area contributed by atoms with Crippen LogP contribution in [0.4, 0.5) is 10.1 Å². The summed E-state index contributed by atoms with van der Waals surface area (Å²) in [5.41, 5.74) is 0.470. The van der Waals surface area contributed by atoms with Crippen molar-refractivity contribution in [1.82, 2.24) is 0 Å². The number of hydrogen-bond donors (Lipinski definition) is 1. The van der Waals surface area contributed by atoms with Gasteiger partial charge in [0.1, 0.15) is 5.82 Å². The van der Waals surface area contributed by atoms with Gasteiger partial charge in [0.05, 0.1) is 10.7 Å². The first-order chi connectivity index (χ1) is 8.70. The van der Waals surface area contributed by atoms with E-state index in [4.69, 9.17) is 11.6 Å². The molecule has 1 aromatic carbocycles. The van der Waals surface area contributed by atoms with Crippen molar-refractivity contribution in [1.29, 1.82) is 0 Å². The fourth-order valence-corrected chi connectivity index (χ4v) is 3.06. The van der Waals surface area contributed by atoms with Crippen molar-refractivity contribution in [3.8, 4) is 0 Å². The molecule has 18 heavy (non-hydrogen) atoms. The zero-order valence-electron chi connectivity index (χ0n) is 10.9. The molecule has 100 valence electrons. The standard InChI is InChI=1S/C15H21ClFN/c1-2-4-11-7-9-12(10-8-11)18-15-13(16)5-3-6-14(15)17/h3,5-6,11-12,18H,2,4,7-10H2,1H3. The summed E-state index contributed by atoms with van der Waals surface area (Å²) >= 11 is 6.02. The Labute approximate surface area is 114 Å². The largest absolute Gasteiger partial charge is 0.379 e. The van der Waals surface area contributed by atoms with Crippen LogP contribution in [-0.4, -0.2) is 6.04 Å². The van der Waals surface area contributed by atoms with Gasteiger partial charge in [-0.2, -0.15) is 0 Å². The number of halogens is 2. The van der Waals surface area contributed by atoms with Gasteiger partial charge in [0.2, 0.25) is 0 Å². The number of anilines is 1. The molecule has 0 atom stereocenters. The number of rotatable bonds is 4. The molecule has 2 rings (SSSR count). The molecular formula is C15H21ClFN. The Bertz CT molecular complexity index is 366. The van der Waals surface area contributed by atoms with Gasteiger partial charge in [0, 0.05) is 6.04 Å². The summed E-state index contributed by atoms with van der Waals surface area (Å²) in [6, 6.07) is 5.20. The highest BCUT2D eigenvalue weighted by Crippen LogP contribution is 2.32. The highest BCUT2D eigenvalue weighted by molar-refractivity contribution is 6.33. The molecule has 1 nitrogen and oxygen atoms in total. The van der Waals surface area contributed by atoms with Crippen LogP contribution in [0.1, 0.15) is 45.4 Å². The van der Waals surface area contributed by atoms with Gasteiger partial charge in [0.25, 0.3) is 0 Å². The third kappa shape index (κ3) is 3.38. The molecule has 0 radical (unpaired) electrons. The summed E-state index contributed by atoms with van der Waals surface area (Å²) in [6.07, 6.45) is 7.33. The highest BCUT2D eigenvalue weighted by Gasteiger charge is 2.21. The van der Waals surface area contributed by atoms with Gasteiger partial charge in [-0.05, 0) is 43.7 Å². The highest BCUT2D eigenvalue weighted by atomic mass is 35.5. The molecule has 1 aromatic rings. The van der Waals surface area contributed by atoms with E-state index in [0.717, 1.165) is 18.8 Å². The number of para-hydroxylation sites is 1. The van der Waals surface area contributed by atoms with Crippen molar-refractivity contribution in [2.75, 3.05) is 5.32 Å². The first kappa shape index (κ1) is 13.7. The predicted molar refractivity (Wildman–Crippen MR) is 75.7 cm³/mol. The van der Waals surface area contributed by atoms with Gasteiger partial charge in [-0.3, -0.25) is 0 Å². The van der Waals surface area contributed by atoms with E-state index in [1.165, 1.54) is 31.7 Å². The van der Waals surface area contributed by atoms with Crippen molar-refractivity contribution in [2.24, 2.45) is 5.92 Å². The van der Waals surface area contributed by atoms with Crippen molar-refractivity contribution >= 4 is 17.3 Å². The van der Waals surface area contributed by atoms with Gasteiger partial charge in [0.15, 0.2) is 0 Å². The summed E-state index contributed by atoms with van der Waals surface area (Å²) in [6.45, 7) is 2.24. The average molecular weight is 270 g/mol. The lowest BCUT2D eigenvalue weighted by Crippen LogP contribution is -2.26. The van der Waals surface area contributed by atoms with Crippen molar-refractivity contribution in [3.63, 3.8) is 0 Å². The zero-order chi connectivity index (χ0) is 13.0. The maximum atomic E-state index is 13.7. The van der Waals surface area contributed by atoms with Crippen LogP contribution in [0.2, 0.25) is 5.02 Å². The van der Waals surface area contributed by atoms with E-state index in [1.807, 2.05) is 0 Å². The molecule has 0 aliphatic heterocycles. The van der Waals surface area contributed by atoms with Crippen LogP contribution in [0.5, 0.6) is 0 Å². The maximum absolute atomic E-state index is 13.7.